The fourth-order valence-corrected chi connectivity index (χ4v) is 1.34. The average molecular weight is 211 g/mol. The number of nitrogens with one attached hydrogen (secondary N) is 2. The molecule has 0 aromatic rings. The molecule has 0 bridgehead atoms. The van der Waals surface area contributed by atoms with Gasteiger partial charge < -0.3 is 10.6 Å². The maximum absolute atomic E-state index is 11.4. The Hall–Kier alpha value is -1.75. The molecule has 0 aromatic carbocycles. The van der Waals surface area contributed by atoms with E-state index in [-0.39, 0.29) is 11.8 Å². The van der Waals surface area contributed by atoms with Crippen LogP contribution >= 0.6 is 0 Å². The lowest BCUT2D eigenvalue weighted by Gasteiger charge is -2.09. The molecule has 2 N–H and O–H groups in total. The standard InChI is InChI=1S/C8H13N5O2/c9-13-11-5-1-4-10-8(15)6-2-3-7(14)12-6/h6H,1-5H2,(H,10,15)(H,12,14)/t6-/m1/s1. The van der Waals surface area contributed by atoms with Crippen molar-refractivity contribution in [1.82, 2.24) is 10.6 Å². The molecule has 0 aliphatic carbocycles. The van der Waals surface area contributed by atoms with Crippen LogP contribution in [0.4, 0.5) is 0 Å². The summed E-state index contributed by atoms with van der Waals surface area (Å²) in [5.74, 6) is -0.244. The monoisotopic (exact) mass is 211 g/mol. The van der Waals surface area contributed by atoms with Crippen molar-refractivity contribution in [3.05, 3.63) is 10.4 Å². The van der Waals surface area contributed by atoms with Gasteiger partial charge in [-0.3, -0.25) is 9.59 Å². The number of amides is 2. The molecular weight excluding hydrogens is 198 g/mol. The summed E-state index contributed by atoms with van der Waals surface area (Å²) in [6.07, 6.45) is 1.58. The minimum absolute atomic E-state index is 0.0794. The Kier molecular flexibility index (Phi) is 4.43. The molecular formula is C8H13N5O2. The predicted molar refractivity (Wildman–Crippen MR) is 52.8 cm³/mol. The van der Waals surface area contributed by atoms with Crippen LogP contribution in [-0.4, -0.2) is 30.9 Å². The van der Waals surface area contributed by atoms with Crippen LogP contribution in [0.15, 0.2) is 5.11 Å². The van der Waals surface area contributed by atoms with Crippen molar-refractivity contribution in [3.8, 4) is 0 Å². The van der Waals surface area contributed by atoms with E-state index in [1.54, 1.807) is 0 Å². The maximum atomic E-state index is 11.4. The van der Waals surface area contributed by atoms with E-state index in [2.05, 4.69) is 20.7 Å². The van der Waals surface area contributed by atoms with Crippen LogP contribution in [0.25, 0.3) is 10.4 Å². The van der Waals surface area contributed by atoms with Gasteiger partial charge in [0.25, 0.3) is 0 Å². The fourth-order valence-electron chi connectivity index (χ4n) is 1.34. The van der Waals surface area contributed by atoms with Gasteiger partial charge in [0.2, 0.25) is 11.8 Å². The highest BCUT2D eigenvalue weighted by molar-refractivity contribution is 5.90. The molecule has 1 aliphatic heterocycles. The second kappa shape index (κ2) is 5.87. The SMILES string of the molecule is [N-]=[N+]=NCCCNC(=O)[C@H]1CCC(=O)N1. The van der Waals surface area contributed by atoms with Gasteiger partial charge in [0.15, 0.2) is 0 Å². The highest BCUT2D eigenvalue weighted by atomic mass is 16.2. The van der Waals surface area contributed by atoms with Gasteiger partial charge in [-0.25, -0.2) is 0 Å². The van der Waals surface area contributed by atoms with E-state index < -0.39 is 6.04 Å². The van der Waals surface area contributed by atoms with Gasteiger partial charge >= 0.3 is 0 Å². The van der Waals surface area contributed by atoms with Gasteiger partial charge in [0, 0.05) is 24.4 Å². The summed E-state index contributed by atoms with van der Waals surface area (Å²) < 4.78 is 0. The largest absolute Gasteiger partial charge is 0.354 e. The smallest absolute Gasteiger partial charge is 0.242 e. The maximum Gasteiger partial charge on any atom is 0.242 e. The Balaban J connectivity index is 2.13. The molecule has 1 fully saturated rings. The van der Waals surface area contributed by atoms with Crippen LogP contribution in [0.2, 0.25) is 0 Å². The second-order valence-electron chi connectivity index (χ2n) is 3.26. The van der Waals surface area contributed by atoms with E-state index >= 15 is 0 Å². The van der Waals surface area contributed by atoms with Crippen LogP contribution in [0.5, 0.6) is 0 Å². The molecule has 0 spiro atoms. The van der Waals surface area contributed by atoms with E-state index in [0.717, 1.165) is 0 Å². The van der Waals surface area contributed by atoms with E-state index in [1.807, 2.05) is 0 Å². The fraction of sp³-hybridized carbons (Fsp3) is 0.750. The minimum atomic E-state index is -0.392. The lowest BCUT2D eigenvalue weighted by atomic mass is 10.2. The van der Waals surface area contributed by atoms with Crippen LogP contribution in [0, 0.1) is 0 Å². The molecule has 15 heavy (non-hydrogen) atoms. The molecule has 0 aromatic heterocycles. The number of carbonyl (C=O) groups excluding carboxylic acids is 2. The lowest BCUT2D eigenvalue weighted by molar-refractivity contribution is -0.125. The zero-order valence-electron chi connectivity index (χ0n) is 8.27. The molecule has 1 aliphatic rings. The highest BCUT2D eigenvalue weighted by Crippen LogP contribution is 2.05. The molecule has 82 valence electrons. The molecule has 1 saturated heterocycles. The van der Waals surface area contributed by atoms with Crippen molar-refractivity contribution in [2.45, 2.75) is 25.3 Å². The summed E-state index contributed by atoms with van der Waals surface area (Å²) in [6.45, 7) is 0.831. The third-order valence-corrected chi connectivity index (χ3v) is 2.11. The Morgan fingerprint density at radius 1 is 1.73 bits per heavy atom. The Morgan fingerprint density at radius 2 is 2.53 bits per heavy atom. The van der Waals surface area contributed by atoms with Crippen LogP contribution in [-0.2, 0) is 9.59 Å². The van der Waals surface area contributed by atoms with Crippen molar-refractivity contribution in [2.75, 3.05) is 13.1 Å². The van der Waals surface area contributed by atoms with Gasteiger partial charge in [0.1, 0.15) is 6.04 Å². The van der Waals surface area contributed by atoms with Crippen molar-refractivity contribution < 1.29 is 9.59 Å². The first-order chi connectivity index (χ1) is 7.24. The Labute approximate surface area is 86.8 Å². The Morgan fingerprint density at radius 3 is 3.13 bits per heavy atom. The van der Waals surface area contributed by atoms with Crippen molar-refractivity contribution in [1.29, 1.82) is 0 Å². The van der Waals surface area contributed by atoms with E-state index in [0.29, 0.717) is 32.4 Å². The molecule has 2 amide bonds. The van der Waals surface area contributed by atoms with Crippen LogP contribution in [0.3, 0.4) is 0 Å². The summed E-state index contributed by atoms with van der Waals surface area (Å²) in [7, 11) is 0. The molecule has 0 unspecified atom stereocenters. The highest BCUT2D eigenvalue weighted by Gasteiger charge is 2.26. The summed E-state index contributed by atoms with van der Waals surface area (Å²) in [4.78, 5) is 24.8. The van der Waals surface area contributed by atoms with Gasteiger partial charge in [0.05, 0.1) is 0 Å². The van der Waals surface area contributed by atoms with Gasteiger partial charge in [-0.1, -0.05) is 5.11 Å². The van der Waals surface area contributed by atoms with Crippen molar-refractivity contribution in [3.63, 3.8) is 0 Å². The molecule has 1 atom stereocenters. The lowest BCUT2D eigenvalue weighted by Crippen LogP contribution is -2.41. The normalized spacial score (nSPS) is 19.2. The van der Waals surface area contributed by atoms with E-state index in [1.165, 1.54) is 0 Å². The topological polar surface area (TPSA) is 107 Å². The molecule has 7 heteroatoms. The summed E-state index contributed by atoms with van der Waals surface area (Å²) in [6, 6.07) is -0.392. The van der Waals surface area contributed by atoms with Gasteiger partial charge in [-0.15, -0.1) is 0 Å². The zero-order valence-corrected chi connectivity index (χ0v) is 8.27. The molecule has 7 nitrogen and oxygen atoms in total. The van der Waals surface area contributed by atoms with Crippen LogP contribution in [0.1, 0.15) is 19.3 Å². The second-order valence-corrected chi connectivity index (χ2v) is 3.26. The molecule has 1 heterocycles. The predicted octanol–water partition coefficient (Wildman–Crippen LogP) is 0.0816. The zero-order chi connectivity index (χ0) is 11.1. The number of rotatable bonds is 5. The molecule has 0 saturated carbocycles. The van der Waals surface area contributed by atoms with Gasteiger partial charge in [-0.2, -0.15) is 0 Å². The minimum Gasteiger partial charge on any atom is -0.354 e. The summed E-state index contributed by atoms with van der Waals surface area (Å²) >= 11 is 0. The molecule has 1 rings (SSSR count). The van der Waals surface area contributed by atoms with Crippen molar-refractivity contribution in [2.24, 2.45) is 5.11 Å². The number of nitrogens with zero attached hydrogens (tertiary/aromatic N) is 3. The first kappa shape index (κ1) is 11.3. The Bertz CT molecular complexity index is 297. The van der Waals surface area contributed by atoms with Crippen molar-refractivity contribution >= 4 is 11.8 Å². The number of hydrogen-bond donors (Lipinski definition) is 2. The third kappa shape index (κ3) is 3.86. The number of carbonyl (C=O) groups is 2. The van der Waals surface area contributed by atoms with E-state index in [9.17, 15) is 9.59 Å². The first-order valence-electron chi connectivity index (χ1n) is 4.82. The molecule has 0 radical (unpaired) electrons. The van der Waals surface area contributed by atoms with E-state index in [4.69, 9.17) is 5.53 Å². The number of hydrogen-bond acceptors (Lipinski definition) is 3. The average Bonchev–Trinajstić information content (AvgIpc) is 2.64. The first-order valence-corrected chi connectivity index (χ1v) is 4.82. The van der Waals surface area contributed by atoms with Gasteiger partial charge in [-0.05, 0) is 18.4 Å². The van der Waals surface area contributed by atoms with Crippen LogP contribution < -0.4 is 10.6 Å². The summed E-state index contributed by atoms with van der Waals surface area (Å²) in [5, 5.41) is 8.58. The third-order valence-electron chi connectivity index (χ3n) is 2.11. The number of azide groups is 1. The summed E-state index contributed by atoms with van der Waals surface area (Å²) in [5.41, 5.74) is 8.00. The quantitative estimate of drug-likeness (QED) is 0.291.